The monoisotopic (exact) mass is 217 g/mol. The summed E-state index contributed by atoms with van der Waals surface area (Å²) in [4.78, 5) is 2.07. The Labute approximate surface area is 91.8 Å². The average Bonchev–Trinajstić information content (AvgIpc) is 2.17. The molecule has 0 aromatic heterocycles. The van der Waals surface area contributed by atoms with Crippen LogP contribution in [0.3, 0.4) is 0 Å². The molecule has 0 aliphatic carbocycles. The lowest BCUT2D eigenvalue weighted by Crippen LogP contribution is -2.45. The van der Waals surface area contributed by atoms with Crippen LogP contribution in [-0.4, -0.2) is 61.2 Å². The van der Waals surface area contributed by atoms with Crippen molar-refractivity contribution in [2.45, 2.75) is 25.9 Å². The molecule has 0 bridgehead atoms. The molecular weight excluding hydrogens is 194 g/mol. The number of hydrogen-bond donors (Lipinski definition) is 2. The third-order valence-electron chi connectivity index (χ3n) is 2.92. The van der Waals surface area contributed by atoms with Gasteiger partial charge in [0.25, 0.3) is 0 Å². The van der Waals surface area contributed by atoms with Gasteiger partial charge in [-0.25, -0.2) is 0 Å². The summed E-state index contributed by atoms with van der Waals surface area (Å²) < 4.78 is 5.43. The van der Waals surface area contributed by atoms with E-state index in [2.05, 4.69) is 4.90 Å². The number of rotatable bonds is 5. The lowest BCUT2D eigenvalue weighted by Gasteiger charge is -2.38. The Morgan fingerprint density at radius 3 is 2.73 bits per heavy atom. The summed E-state index contributed by atoms with van der Waals surface area (Å²) in [6, 6.07) is 0. The molecule has 15 heavy (non-hydrogen) atoms. The van der Waals surface area contributed by atoms with Gasteiger partial charge in [0.05, 0.1) is 19.3 Å². The molecule has 4 nitrogen and oxygen atoms in total. The largest absolute Gasteiger partial charge is 0.396 e. The van der Waals surface area contributed by atoms with E-state index in [1.54, 1.807) is 6.92 Å². The van der Waals surface area contributed by atoms with Gasteiger partial charge in [-0.3, -0.25) is 0 Å². The fraction of sp³-hybridized carbons (Fsp3) is 1.00. The van der Waals surface area contributed by atoms with Crippen LogP contribution < -0.4 is 0 Å². The molecule has 2 unspecified atom stereocenters. The maximum Gasteiger partial charge on any atom is 0.0638 e. The van der Waals surface area contributed by atoms with Crippen LogP contribution in [0.4, 0.5) is 0 Å². The van der Waals surface area contributed by atoms with Crippen LogP contribution in [0.15, 0.2) is 0 Å². The quantitative estimate of drug-likeness (QED) is 0.685. The Bertz CT molecular complexity index is 179. The molecule has 1 saturated heterocycles. The Hall–Kier alpha value is -0.160. The molecule has 1 fully saturated rings. The van der Waals surface area contributed by atoms with E-state index in [9.17, 15) is 10.2 Å². The molecule has 1 aliphatic rings. The van der Waals surface area contributed by atoms with Gasteiger partial charge in [-0.15, -0.1) is 0 Å². The Kier molecular flexibility index (Phi) is 4.99. The molecule has 1 rings (SSSR count). The lowest BCUT2D eigenvalue weighted by atomic mass is 9.83. The van der Waals surface area contributed by atoms with Gasteiger partial charge in [-0.2, -0.15) is 0 Å². The summed E-state index contributed by atoms with van der Waals surface area (Å²) in [6.45, 7) is 4.81. The van der Waals surface area contributed by atoms with Crippen LogP contribution in [0, 0.1) is 5.41 Å². The summed E-state index contributed by atoms with van der Waals surface area (Å²) in [5, 5.41) is 18.7. The van der Waals surface area contributed by atoms with E-state index >= 15 is 0 Å². The van der Waals surface area contributed by atoms with Gasteiger partial charge in [0.2, 0.25) is 0 Å². The average molecular weight is 217 g/mol. The first-order chi connectivity index (χ1) is 7.08. The van der Waals surface area contributed by atoms with E-state index in [4.69, 9.17) is 4.74 Å². The first-order valence-corrected chi connectivity index (χ1v) is 5.63. The van der Waals surface area contributed by atoms with Gasteiger partial charge in [0.15, 0.2) is 0 Å². The van der Waals surface area contributed by atoms with E-state index in [1.807, 2.05) is 7.05 Å². The van der Waals surface area contributed by atoms with Gasteiger partial charge in [-0.05, 0) is 26.8 Å². The fourth-order valence-electron chi connectivity index (χ4n) is 2.30. The molecule has 2 N–H and O–H groups in total. The predicted octanol–water partition coefficient (Wildman–Crippen LogP) is 0.0881. The highest BCUT2D eigenvalue weighted by Gasteiger charge is 2.33. The molecular formula is C11H23NO3. The van der Waals surface area contributed by atoms with Crippen LogP contribution in [-0.2, 0) is 4.74 Å². The molecule has 4 heteroatoms. The number of likely N-dealkylation sites (N-methyl/N-ethyl adjacent to an activating group) is 1. The van der Waals surface area contributed by atoms with Crippen molar-refractivity contribution in [3.63, 3.8) is 0 Å². The van der Waals surface area contributed by atoms with Crippen LogP contribution in [0.1, 0.15) is 19.8 Å². The Morgan fingerprint density at radius 2 is 2.27 bits per heavy atom. The Morgan fingerprint density at radius 1 is 1.53 bits per heavy atom. The topological polar surface area (TPSA) is 52.9 Å². The van der Waals surface area contributed by atoms with Gasteiger partial charge >= 0.3 is 0 Å². The van der Waals surface area contributed by atoms with Crippen molar-refractivity contribution in [1.29, 1.82) is 0 Å². The van der Waals surface area contributed by atoms with Crippen LogP contribution in [0.2, 0.25) is 0 Å². The first-order valence-electron chi connectivity index (χ1n) is 5.63. The third kappa shape index (κ3) is 4.07. The summed E-state index contributed by atoms with van der Waals surface area (Å²) in [6.07, 6.45) is 1.70. The van der Waals surface area contributed by atoms with Gasteiger partial charge in [0.1, 0.15) is 0 Å². The molecule has 0 aromatic carbocycles. The van der Waals surface area contributed by atoms with Gasteiger partial charge < -0.3 is 19.8 Å². The number of nitrogens with zero attached hydrogens (tertiary/aromatic N) is 1. The predicted molar refractivity (Wildman–Crippen MR) is 58.7 cm³/mol. The highest BCUT2D eigenvalue weighted by atomic mass is 16.5. The fourth-order valence-corrected chi connectivity index (χ4v) is 2.30. The maximum atomic E-state index is 9.46. The molecule has 0 radical (unpaired) electrons. The minimum Gasteiger partial charge on any atom is -0.396 e. The highest BCUT2D eigenvalue weighted by molar-refractivity contribution is 4.84. The van der Waals surface area contributed by atoms with E-state index in [0.717, 1.165) is 26.0 Å². The SMILES string of the molecule is CC(O)CN(C)CC1(CO)CCCOC1. The van der Waals surface area contributed by atoms with Crippen molar-refractivity contribution >= 4 is 0 Å². The minimum absolute atomic E-state index is 0.123. The summed E-state index contributed by atoms with van der Waals surface area (Å²) in [5.74, 6) is 0. The van der Waals surface area contributed by atoms with Crippen molar-refractivity contribution in [2.24, 2.45) is 5.41 Å². The van der Waals surface area contributed by atoms with E-state index in [-0.39, 0.29) is 18.1 Å². The standard InChI is InChI=1S/C11H23NO3/c1-10(14)6-12(2)7-11(8-13)4-3-5-15-9-11/h10,13-14H,3-9H2,1-2H3. The number of aliphatic hydroxyl groups excluding tert-OH is 2. The number of aliphatic hydroxyl groups is 2. The molecule has 0 amide bonds. The van der Waals surface area contributed by atoms with E-state index in [1.165, 1.54) is 0 Å². The minimum atomic E-state index is -0.324. The van der Waals surface area contributed by atoms with Gasteiger partial charge in [-0.1, -0.05) is 0 Å². The van der Waals surface area contributed by atoms with Crippen molar-refractivity contribution in [1.82, 2.24) is 4.90 Å². The second kappa shape index (κ2) is 5.80. The second-order valence-corrected chi connectivity index (χ2v) is 4.86. The third-order valence-corrected chi connectivity index (χ3v) is 2.92. The smallest absolute Gasteiger partial charge is 0.0638 e. The van der Waals surface area contributed by atoms with Crippen molar-refractivity contribution in [3.8, 4) is 0 Å². The lowest BCUT2D eigenvalue weighted by molar-refractivity contribution is -0.0553. The molecule has 1 heterocycles. The maximum absolute atomic E-state index is 9.46. The second-order valence-electron chi connectivity index (χ2n) is 4.86. The van der Waals surface area contributed by atoms with Crippen molar-refractivity contribution < 1.29 is 14.9 Å². The Balaban J connectivity index is 2.43. The zero-order valence-electron chi connectivity index (χ0n) is 9.78. The number of hydrogen-bond acceptors (Lipinski definition) is 4. The molecule has 90 valence electrons. The normalized spacial score (nSPS) is 29.4. The van der Waals surface area contributed by atoms with Crippen molar-refractivity contribution in [2.75, 3.05) is 40.0 Å². The molecule has 0 aromatic rings. The van der Waals surface area contributed by atoms with E-state index in [0.29, 0.717) is 13.2 Å². The van der Waals surface area contributed by atoms with Crippen LogP contribution in [0.5, 0.6) is 0 Å². The zero-order chi connectivity index (χ0) is 11.3. The molecule has 1 aliphatic heterocycles. The molecule has 2 atom stereocenters. The van der Waals surface area contributed by atoms with Gasteiger partial charge in [0, 0.05) is 25.1 Å². The zero-order valence-corrected chi connectivity index (χ0v) is 9.78. The highest BCUT2D eigenvalue weighted by Crippen LogP contribution is 2.28. The number of ether oxygens (including phenoxy) is 1. The first kappa shape index (κ1) is 12.9. The van der Waals surface area contributed by atoms with Crippen molar-refractivity contribution in [3.05, 3.63) is 0 Å². The summed E-state index contributed by atoms with van der Waals surface area (Å²) in [5.41, 5.74) is -0.123. The van der Waals surface area contributed by atoms with E-state index < -0.39 is 0 Å². The van der Waals surface area contributed by atoms with Crippen LogP contribution >= 0.6 is 0 Å². The molecule has 0 saturated carbocycles. The summed E-state index contributed by atoms with van der Waals surface area (Å²) >= 11 is 0. The molecule has 0 spiro atoms. The summed E-state index contributed by atoms with van der Waals surface area (Å²) in [7, 11) is 1.97. The van der Waals surface area contributed by atoms with Crippen LogP contribution in [0.25, 0.3) is 0 Å².